The quantitative estimate of drug-likeness (QED) is 0.844. The molecule has 0 fully saturated rings. The number of anilines is 1. The molecular formula is C16H13ClFNO3S. The van der Waals surface area contributed by atoms with E-state index in [1.807, 2.05) is 0 Å². The Labute approximate surface area is 141 Å². The molecular weight excluding hydrogens is 341 g/mol. The highest BCUT2D eigenvalue weighted by atomic mass is 35.5. The van der Waals surface area contributed by atoms with Crippen molar-refractivity contribution < 1.29 is 18.7 Å². The average Bonchev–Trinajstić information content (AvgIpc) is 2.55. The van der Waals surface area contributed by atoms with Gasteiger partial charge >= 0.3 is 0 Å². The lowest BCUT2D eigenvalue weighted by Gasteiger charge is -2.20. The molecule has 3 rings (SSSR count). The molecule has 2 aromatic carbocycles. The zero-order valence-corrected chi connectivity index (χ0v) is 13.5. The molecule has 0 aromatic heterocycles. The van der Waals surface area contributed by atoms with Crippen LogP contribution < -0.4 is 14.8 Å². The van der Waals surface area contributed by atoms with Crippen LogP contribution in [0, 0.1) is 5.82 Å². The number of thioether (sulfide) groups is 1. The maximum absolute atomic E-state index is 12.8. The molecule has 1 aliphatic heterocycles. The monoisotopic (exact) mass is 353 g/mol. The van der Waals surface area contributed by atoms with Crippen molar-refractivity contribution >= 4 is 35.0 Å². The molecule has 2 aromatic rings. The fraction of sp³-hybridized carbons (Fsp3) is 0.188. The van der Waals surface area contributed by atoms with Crippen molar-refractivity contribution in [1.29, 1.82) is 0 Å². The first-order valence-electron chi connectivity index (χ1n) is 6.89. The predicted molar refractivity (Wildman–Crippen MR) is 88.2 cm³/mol. The molecule has 0 radical (unpaired) electrons. The number of carbonyl (C=O) groups excluding carboxylic acids is 1. The smallest absolute Gasteiger partial charge is 0.234 e. The van der Waals surface area contributed by atoms with Crippen LogP contribution in [0.3, 0.4) is 0 Å². The molecule has 120 valence electrons. The summed E-state index contributed by atoms with van der Waals surface area (Å²) in [5.41, 5.74) is 0.473. The summed E-state index contributed by atoms with van der Waals surface area (Å²) in [6.07, 6.45) is 0. The predicted octanol–water partition coefficient (Wildman–Crippen LogP) is 3.98. The van der Waals surface area contributed by atoms with Crippen LogP contribution >= 0.6 is 23.4 Å². The van der Waals surface area contributed by atoms with Crippen LogP contribution in [0.25, 0.3) is 0 Å². The SMILES string of the molecule is O=C(CSc1ccc(F)cc1)Nc1cc2c(cc1Cl)OCCO2. The summed E-state index contributed by atoms with van der Waals surface area (Å²) in [6, 6.07) is 9.25. The molecule has 1 amide bonds. The van der Waals surface area contributed by atoms with E-state index in [1.165, 1.54) is 23.9 Å². The fourth-order valence-electron chi connectivity index (χ4n) is 2.03. The van der Waals surface area contributed by atoms with E-state index in [1.54, 1.807) is 24.3 Å². The van der Waals surface area contributed by atoms with Gasteiger partial charge in [-0.2, -0.15) is 0 Å². The van der Waals surface area contributed by atoms with Gasteiger partial charge in [0.15, 0.2) is 11.5 Å². The maximum atomic E-state index is 12.8. The fourth-order valence-corrected chi connectivity index (χ4v) is 2.93. The van der Waals surface area contributed by atoms with Gasteiger partial charge in [-0.05, 0) is 24.3 Å². The Hall–Kier alpha value is -1.92. The zero-order valence-electron chi connectivity index (χ0n) is 12.0. The van der Waals surface area contributed by atoms with Crippen LogP contribution in [0.2, 0.25) is 5.02 Å². The second-order valence-corrected chi connectivity index (χ2v) is 6.22. The Balaban J connectivity index is 1.62. The molecule has 1 aliphatic rings. The molecule has 4 nitrogen and oxygen atoms in total. The Morgan fingerprint density at radius 3 is 2.52 bits per heavy atom. The summed E-state index contributed by atoms with van der Waals surface area (Å²) in [6.45, 7) is 0.936. The summed E-state index contributed by atoms with van der Waals surface area (Å²) in [5.74, 6) is 0.804. The van der Waals surface area contributed by atoms with Gasteiger partial charge in [-0.1, -0.05) is 11.6 Å². The Morgan fingerprint density at radius 1 is 1.17 bits per heavy atom. The van der Waals surface area contributed by atoms with Crippen LogP contribution in [0.5, 0.6) is 11.5 Å². The molecule has 0 spiro atoms. The normalized spacial score (nSPS) is 12.8. The molecule has 0 bridgehead atoms. The zero-order chi connectivity index (χ0) is 16.2. The van der Waals surface area contributed by atoms with Crippen molar-refractivity contribution in [2.45, 2.75) is 4.90 Å². The standard InChI is InChI=1S/C16H13ClFNO3S/c17-12-7-14-15(22-6-5-21-14)8-13(12)19-16(20)9-23-11-3-1-10(18)2-4-11/h1-4,7-8H,5-6,9H2,(H,19,20). The number of carbonyl (C=O) groups is 1. The first-order chi connectivity index (χ1) is 11.1. The molecule has 0 saturated carbocycles. The lowest BCUT2D eigenvalue weighted by molar-refractivity contribution is -0.113. The number of nitrogens with one attached hydrogen (secondary N) is 1. The Bertz CT molecular complexity index is 724. The van der Waals surface area contributed by atoms with E-state index >= 15 is 0 Å². The highest BCUT2D eigenvalue weighted by Crippen LogP contribution is 2.38. The second-order valence-electron chi connectivity index (χ2n) is 4.77. The average molecular weight is 354 g/mol. The lowest BCUT2D eigenvalue weighted by Crippen LogP contribution is -2.17. The third-order valence-corrected chi connectivity index (χ3v) is 4.41. The number of amides is 1. The van der Waals surface area contributed by atoms with Gasteiger partial charge in [-0.25, -0.2) is 4.39 Å². The molecule has 0 saturated heterocycles. The largest absolute Gasteiger partial charge is 0.486 e. The minimum absolute atomic E-state index is 0.191. The molecule has 7 heteroatoms. The van der Waals surface area contributed by atoms with Crippen LogP contribution in [0.1, 0.15) is 0 Å². The number of halogens is 2. The van der Waals surface area contributed by atoms with Crippen molar-refractivity contribution in [3.8, 4) is 11.5 Å². The van der Waals surface area contributed by atoms with Crippen LogP contribution in [0.15, 0.2) is 41.3 Å². The van der Waals surface area contributed by atoms with Gasteiger partial charge in [0, 0.05) is 17.0 Å². The first-order valence-corrected chi connectivity index (χ1v) is 8.25. The Kier molecular flexibility index (Phi) is 4.93. The van der Waals surface area contributed by atoms with Crippen molar-refractivity contribution in [3.05, 3.63) is 47.2 Å². The molecule has 0 atom stereocenters. The number of benzene rings is 2. The van der Waals surface area contributed by atoms with Crippen LogP contribution in [-0.2, 0) is 4.79 Å². The number of hydrogen-bond acceptors (Lipinski definition) is 4. The van der Waals surface area contributed by atoms with E-state index in [0.717, 1.165) is 4.90 Å². The summed E-state index contributed by atoms with van der Waals surface area (Å²) >= 11 is 7.45. The third-order valence-electron chi connectivity index (χ3n) is 3.09. The third kappa shape index (κ3) is 4.09. The number of hydrogen-bond donors (Lipinski definition) is 1. The van der Waals surface area contributed by atoms with E-state index in [9.17, 15) is 9.18 Å². The summed E-state index contributed by atoms with van der Waals surface area (Å²) in [4.78, 5) is 12.9. The first kappa shape index (κ1) is 16.0. The Morgan fingerprint density at radius 2 is 1.83 bits per heavy atom. The molecule has 0 unspecified atom stereocenters. The summed E-state index contributed by atoms with van der Waals surface area (Å²) < 4.78 is 23.7. The molecule has 0 aliphatic carbocycles. The number of fused-ring (bicyclic) bond motifs is 1. The van der Waals surface area contributed by atoms with Crippen LogP contribution in [0.4, 0.5) is 10.1 Å². The highest BCUT2D eigenvalue weighted by Gasteiger charge is 2.16. The van der Waals surface area contributed by atoms with Gasteiger partial charge in [0.25, 0.3) is 0 Å². The molecule has 1 heterocycles. The molecule has 23 heavy (non-hydrogen) atoms. The van der Waals surface area contributed by atoms with Crippen molar-refractivity contribution in [2.24, 2.45) is 0 Å². The van der Waals surface area contributed by atoms with Gasteiger partial charge in [0.05, 0.1) is 16.5 Å². The minimum Gasteiger partial charge on any atom is -0.486 e. The van der Waals surface area contributed by atoms with Gasteiger partial charge in [0.1, 0.15) is 19.0 Å². The van der Waals surface area contributed by atoms with Crippen molar-refractivity contribution in [1.82, 2.24) is 0 Å². The van der Waals surface area contributed by atoms with E-state index in [0.29, 0.717) is 35.4 Å². The molecule has 1 N–H and O–H groups in total. The van der Waals surface area contributed by atoms with Gasteiger partial charge in [-0.15, -0.1) is 11.8 Å². The topological polar surface area (TPSA) is 47.6 Å². The summed E-state index contributed by atoms with van der Waals surface area (Å²) in [7, 11) is 0. The van der Waals surface area contributed by atoms with E-state index in [-0.39, 0.29) is 17.5 Å². The maximum Gasteiger partial charge on any atom is 0.234 e. The highest BCUT2D eigenvalue weighted by molar-refractivity contribution is 8.00. The van der Waals surface area contributed by atoms with Crippen LogP contribution in [-0.4, -0.2) is 24.9 Å². The summed E-state index contributed by atoms with van der Waals surface area (Å²) in [5, 5.41) is 3.12. The van der Waals surface area contributed by atoms with Gasteiger partial charge in [-0.3, -0.25) is 4.79 Å². The number of rotatable bonds is 4. The van der Waals surface area contributed by atoms with E-state index in [2.05, 4.69) is 5.32 Å². The van der Waals surface area contributed by atoms with Gasteiger partial charge in [0.2, 0.25) is 5.91 Å². The van der Waals surface area contributed by atoms with E-state index in [4.69, 9.17) is 21.1 Å². The lowest BCUT2D eigenvalue weighted by atomic mass is 10.2. The number of ether oxygens (including phenoxy) is 2. The van der Waals surface area contributed by atoms with Crippen molar-refractivity contribution in [3.63, 3.8) is 0 Å². The van der Waals surface area contributed by atoms with Crippen molar-refractivity contribution in [2.75, 3.05) is 24.3 Å². The van der Waals surface area contributed by atoms with Gasteiger partial charge < -0.3 is 14.8 Å². The minimum atomic E-state index is -0.304. The van der Waals surface area contributed by atoms with E-state index < -0.39 is 0 Å². The second kappa shape index (κ2) is 7.10.